The molecule has 5 heteroatoms. The van der Waals surface area contributed by atoms with E-state index in [0.29, 0.717) is 27.1 Å². The highest BCUT2D eigenvalue weighted by Crippen LogP contribution is 2.32. The predicted molar refractivity (Wildman–Crippen MR) is 76.0 cm³/mol. The van der Waals surface area contributed by atoms with Crippen molar-refractivity contribution < 1.29 is 14.2 Å². The van der Waals surface area contributed by atoms with Crippen LogP contribution >= 0.6 is 15.9 Å². The molecule has 1 unspecified atom stereocenters. The molecule has 0 radical (unpaired) electrons. The maximum Gasteiger partial charge on any atom is 0.141 e. The molecule has 0 fully saturated rings. The van der Waals surface area contributed by atoms with E-state index in [2.05, 4.69) is 15.9 Å². The van der Waals surface area contributed by atoms with Crippen LogP contribution in [0.1, 0.15) is 24.2 Å². The summed E-state index contributed by atoms with van der Waals surface area (Å²) in [5, 5.41) is 18.6. The fourth-order valence-electron chi connectivity index (χ4n) is 1.70. The molecule has 2 aromatic rings. The Balaban J connectivity index is 2.40. The van der Waals surface area contributed by atoms with E-state index in [-0.39, 0.29) is 0 Å². The van der Waals surface area contributed by atoms with Crippen molar-refractivity contribution in [3.8, 4) is 17.6 Å². The fourth-order valence-corrected chi connectivity index (χ4v) is 1.95. The van der Waals surface area contributed by atoms with Gasteiger partial charge in [-0.3, -0.25) is 0 Å². The molecule has 2 rings (SSSR count). The lowest BCUT2D eigenvalue weighted by Gasteiger charge is -2.13. The average molecular weight is 336 g/mol. The highest BCUT2D eigenvalue weighted by Gasteiger charge is 2.12. The molecule has 0 bridgehead atoms. The Morgan fingerprint density at radius 1 is 1.30 bits per heavy atom. The van der Waals surface area contributed by atoms with Gasteiger partial charge in [0.2, 0.25) is 0 Å². The zero-order chi connectivity index (χ0) is 14.7. The first-order chi connectivity index (χ1) is 9.51. The number of hydrogen-bond acceptors (Lipinski definition) is 3. The van der Waals surface area contributed by atoms with Crippen LogP contribution in [-0.2, 0) is 0 Å². The molecule has 0 aliphatic rings. The van der Waals surface area contributed by atoms with E-state index in [1.54, 1.807) is 25.1 Å². The number of aliphatic hydroxyl groups is 1. The van der Waals surface area contributed by atoms with Crippen molar-refractivity contribution in [3.63, 3.8) is 0 Å². The minimum Gasteiger partial charge on any atom is -0.457 e. The van der Waals surface area contributed by atoms with E-state index < -0.39 is 11.9 Å². The van der Waals surface area contributed by atoms with Crippen LogP contribution in [0.25, 0.3) is 0 Å². The molecule has 0 aliphatic carbocycles. The van der Waals surface area contributed by atoms with Gasteiger partial charge in [0.15, 0.2) is 0 Å². The van der Waals surface area contributed by atoms with E-state index in [4.69, 9.17) is 10.00 Å². The van der Waals surface area contributed by atoms with Crippen LogP contribution in [0.5, 0.6) is 11.5 Å². The highest BCUT2D eigenvalue weighted by atomic mass is 79.9. The topological polar surface area (TPSA) is 53.2 Å². The minimum absolute atomic E-state index is 0.294. The number of nitriles is 1. The Hall–Kier alpha value is -1.90. The molecule has 0 saturated carbocycles. The van der Waals surface area contributed by atoms with Crippen LogP contribution in [0.3, 0.4) is 0 Å². The van der Waals surface area contributed by atoms with Gasteiger partial charge < -0.3 is 9.84 Å². The van der Waals surface area contributed by atoms with Crippen LogP contribution in [0.15, 0.2) is 40.9 Å². The average Bonchev–Trinajstić information content (AvgIpc) is 2.42. The number of ether oxygens (including phenoxy) is 1. The second-order valence-corrected chi connectivity index (χ2v) is 5.07. The van der Waals surface area contributed by atoms with Crippen molar-refractivity contribution in [2.24, 2.45) is 0 Å². The quantitative estimate of drug-likeness (QED) is 0.909. The summed E-state index contributed by atoms with van der Waals surface area (Å²) in [6, 6.07) is 11.1. The first-order valence-corrected chi connectivity index (χ1v) is 6.65. The first-order valence-electron chi connectivity index (χ1n) is 5.86. The molecule has 0 amide bonds. The monoisotopic (exact) mass is 335 g/mol. The predicted octanol–water partition coefficient (Wildman–Crippen LogP) is 4.31. The van der Waals surface area contributed by atoms with Crippen LogP contribution < -0.4 is 4.74 Å². The summed E-state index contributed by atoms with van der Waals surface area (Å²) in [6.07, 6.45) is -0.752. The van der Waals surface area contributed by atoms with Crippen molar-refractivity contribution >= 4 is 15.9 Å². The first kappa shape index (κ1) is 14.5. The molecule has 1 atom stereocenters. The summed E-state index contributed by atoms with van der Waals surface area (Å²) in [4.78, 5) is 0. The van der Waals surface area contributed by atoms with Gasteiger partial charge in [0, 0.05) is 11.6 Å². The molecular formula is C15H11BrFNO2. The lowest BCUT2D eigenvalue weighted by molar-refractivity contribution is 0.195. The Bertz CT molecular complexity index is 680. The van der Waals surface area contributed by atoms with Gasteiger partial charge in [-0.15, -0.1) is 0 Å². The molecule has 3 nitrogen and oxygen atoms in total. The molecule has 2 aromatic carbocycles. The van der Waals surface area contributed by atoms with Crippen LogP contribution in [0, 0.1) is 17.1 Å². The number of hydrogen-bond donors (Lipinski definition) is 1. The van der Waals surface area contributed by atoms with Gasteiger partial charge in [0.1, 0.15) is 17.3 Å². The Labute approximate surface area is 124 Å². The fraction of sp³-hybridized carbons (Fsp3) is 0.133. The minimum atomic E-state index is -0.752. The SMILES string of the molecule is CC(O)c1ccc(C#N)cc1Oc1ccc(Br)c(F)c1. The summed E-state index contributed by atoms with van der Waals surface area (Å²) in [5.74, 6) is 0.181. The van der Waals surface area contributed by atoms with Gasteiger partial charge in [-0.25, -0.2) is 4.39 Å². The molecule has 0 heterocycles. The third-order valence-corrected chi connectivity index (χ3v) is 3.35. The lowest BCUT2D eigenvalue weighted by atomic mass is 10.1. The van der Waals surface area contributed by atoms with E-state index in [0.717, 1.165) is 0 Å². The molecule has 1 N–H and O–H groups in total. The number of aliphatic hydroxyl groups excluding tert-OH is 1. The van der Waals surface area contributed by atoms with Gasteiger partial charge >= 0.3 is 0 Å². The van der Waals surface area contributed by atoms with Crippen molar-refractivity contribution in [2.75, 3.05) is 0 Å². The Kier molecular flexibility index (Phi) is 4.38. The van der Waals surface area contributed by atoms with Crippen molar-refractivity contribution in [3.05, 3.63) is 57.8 Å². The molecular weight excluding hydrogens is 325 g/mol. The third-order valence-electron chi connectivity index (χ3n) is 2.71. The van der Waals surface area contributed by atoms with E-state index in [9.17, 15) is 9.50 Å². The molecule has 0 aromatic heterocycles. The van der Waals surface area contributed by atoms with Gasteiger partial charge in [0.25, 0.3) is 0 Å². The number of benzene rings is 2. The number of rotatable bonds is 3. The standard InChI is InChI=1S/C15H11BrFNO2/c1-9(19)12-4-2-10(8-18)6-15(12)20-11-3-5-13(16)14(17)7-11/h2-7,9,19H,1H3. The van der Waals surface area contributed by atoms with Crippen molar-refractivity contribution in [1.29, 1.82) is 5.26 Å². The molecule has 102 valence electrons. The van der Waals surface area contributed by atoms with Crippen LogP contribution in [-0.4, -0.2) is 5.11 Å². The molecule has 0 aliphatic heterocycles. The van der Waals surface area contributed by atoms with Crippen molar-refractivity contribution in [1.82, 2.24) is 0 Å². The van der Waals surface area contributed by atoms with Gasteiger partial charge in [-0.05, 0) is 47.1 Å². The molecule has 0 saturated heterocycles. The normalized spacial score (nSPS) is 11.8. The van der Waals surface area contributed by atoms with Crippen LogP contribution in [0.2, 0.25) is 0 Å². The third kappa shape index (κ3) is 3.16. The number of nitrogens with zero attached hydrogens (tertiary/aromatic N) is 1. The summed E-state index contributed by atoms with van der Waals surface area (Å²) in [7, 11) is 0. The molecule has 20 heavy (non-hydrogen) atoms. The maximum atomic E-state index is 13.5. The number of halogens is 2. The Morgan fingerprint density at radius 2 is 2.05 bits per heavy atom. The van der Waals surface area contributed by atoms with E-state index in [1.165, 1.54) is 18.2 Å². The summed E-state index contributed by atoms with van der Waals surface area (Å²) < 4.78 is 19.4. The summed E-state index contributed by atoms with van der Waals surface area (Å²) in [5.41, 5.74) is 0.939. The van der Waals surface area contributed by atoms with E-state index in [1.807, 2.05) is 6.07 Å². The summed E-state index contributed by atoms with van der Waals surface area (Å²) in [6.45, 7) is 1.59. The summed E-state index contributed by atoms with van der Waals surface area (Å²) >= 11 is 3.06. The van der Waals surface area contributed by atoms with Crippen molar-refractivity contribution in [2.45, 2.75) is 13.0 Å². The smallest absolute Gasteiger partial charge is 0.141 e. The molecule has 0 spiro atoms. The maximum absolute atomic E-state index is 13.5. The van der Waals surface area contributed by atoms with E-state index >= 15 is 0 Å². The second kappa shape index (κ2) is 6.04. The van der Waals surface area contributed by atoms with Gasteiger partial charge in [0.05, 0.1) is 22.2 Å². The Morgan fingerprint density at radius 3 is 2.65 bits per heavy atom. The van der Waals surface area contributed by atoms with Crippen LogP contribution in [0.4, 0.5) is 4.39 Å². The van der Waals surface area contributed by atoms with Gasteiger partial charge in [-0.2, -0.15) is 5.26 Å². The largest absolute Gasteiger partial charge is 0.457 e. The lowest BCUT2D eigenvalue weighted by Crippen LogP contribution is -1.97. The zero-order valence-electron chi connectivity index (χ0n) is 10.6. The van der Waals surface area contributed by atoms with Gasteiger partial charge in [-0.1, -0.05) is 6.07 Å². The zero-order valence-corrected chi connectivity index (χ0v) is 12.2. The second-order valence-electron chi connectivity index (χ2n) is 4.22. The highest BCUT2D eigenvalue weighted by molar-refractivity contribution is 9.10.